The quantitative estimate of drug-likeness (QED) is 0.434. The van der Waals surface area contributed by atoms with Crippen LogP contribution in [0.5, 0.6) is 0 Å². The van der Waals surface area contributed by atoms with Gasteiger partial charge in [-0.25, -0.2) is 4.68 Å². The summed E-state index contributed by atoms with van der Waals surface area (Å²) in [6.07, 6.45) is -0.818. The lowest BCUT2D eigenvalue weighted by Gasteiger charge is -2.42. The molecule has 6 nitrogen and oxygen atoms in total. The average Bonchev–Trinajstić information content (AvgIpc) is 3.30. The zero-order chi connectivity index (χ0) is 21.8. The fourth-order valence-electron chi connectivity index (χ4n) is 4.22. The predicted molar refractivity (Wildman–Crippen MR) is 126 cm³/mol. The summed E-state index contributed by atoms with van der Waals surface area (Å²) in [5.41, 5.74) is 2.57. The van der Waals surface area contributed by atoms with E-state index in [1.807, 2.05) is 77.5 Å². The molecule has 5 rings (SSSR count). The van der Waals surface area contributed by atoms with Gasteiger partial charge in [0.25, 0.3) is 0 Å². The number of hydrogen-bond acceptors (Lipinski definition) is 6. The zero-order valence-electron chi connectivity index (χ0n) is 17.7. The maximum Gasteiger partial charge on any atom is 0.157 e. The van der Waals surface area contributed by atoms with Gasteiger partial charge in [-0.3, -0.25) is 4.90 Å². The van der Waals surface area contributed by atoms with Crippen molar-refractivity contribution in [2.24, 2.45) is 0 Å². The molecule has 1 fully saturated rings. The molecule has 0 radical (unpaired) electrons. The first-order chi connectivity index (χ1) is 15.8. The molecule has 0 bridgehead atoms. The van der Waals surface area contributed by atoms with Gasteiger partial charge in [-0.1, -0.05) is 77.6 Å². The number of fused-ring (bicyclic) bond motifs is 1. The minimum atomic E-state index is -0.837. The molecule has 32 heavy (non-hydrogen) atoms. The van der Waals surface area contributed by atoms with Gasteiger partial charge in [-0.05, 0) is 29.8 Å². The van der Waals surface area contributed by atoms with Crippen LogP contribution in [0.1, 0.15) is 11.7 Å². The number of benzene rings is 3. The fourth-order valence-corrected chi connectivity index (χ4v) is 5.63. The standard InChI is InChI=1S/C25H26N4O2S/c30-24(20-9-3-1-4-10-20)25(19-28-15-17-31-18-16-28,32-21-11-5-2-6-12-21)29-23-14-8-7-13-22(23)26-27-29/h1-14,24,30H,15-19H2. The summed E-state index contributed by atoms with van der Waals surface area (Å²) >= 11 is 1.63. The van der Waals surface area contributed by atoms with Gasteiger partial charge in [-0.2, -0.15) is 0 Å². The first kappa shape index (κ1) is 21.2. The van der Waals surface area contributed by atoms with Crippen molar-refractivity contribution in [1.82, 2.24) is 19.9 Å². The third kappa shape index (κ3) is 4.17. The Hall–Kier alpha value is -2.71. The summed E-state index contributed by atoms with van der Waals surface area (Å²) in [6.45, 7) is 3.59. The number of para-hydroxylation sites is 1. The summed E-state index contributed by atoms with van der Waals surface area (Å²) in [5.74, 6) is 0. The van der Waals surface area contributed by atoms with Crippen LogP contribution < -0.4 is 0 Å². The molecule has 2 heterocycles. The number of ether oxygens (including phenoxy) is 1. The van der Waals surface area contributed by atoms with E-state index in [1.54, 1.807) is 11.8 Å². The average molecular weight is 447 g/mol. The van der Waals surface area contributed by atoms with Crippen LogP contribution in [0.3, 0.4) is 0 Å². The Morgan fingerprint density at radius 2 is 1.56 bits per heavy atom. The van der Waals surface area contributed by atoms with Crippen LogP contribution in [0, 0.1) is 0 Å². The van der Waals surface area contributed by atoms with Gasteiger partial charge >= 0.3 is 0 Å². The Morgan fingerprint density at radius 1 is 0.906 bits per heavy atom. The van der Waals surface area contributed by atoms with Gasteiger partial charge in [0, 0.05) is 24.5 Å². The SMILES string of the molecule is OC(c1ccccc1)C(CN1CCOCC1)(Sc1ccccc1)n1nnc2ccccc21. The molecule has 1 N–H and O–H groups in total. The summed E-state index contributed by atoms with van der Waals surface area (Å²) in [7, 11) is 0. The van der Waals surface area contributed by atoms with Gasteiger partial charge < -0.3 is 9.84 Å². The maximum absolute atomic E-state index is 12.0. The third-order valence-electron chi connectivity index (χ3n) is 5.84. The minimum absolute atomic E-state index is 0.597. The molecule has 1 aliphatic heterocycles. The summed E-state index contributed by atoms with van der Waals surface area (Å²) in [5, 5.41) is 21.0. The van der Waals surface area contributed by atoms with Gasteiger partial charge in [-0.15, -0.1) is 5.10 Å². The van der Waals surface area contributed by atoms with E-state index in [9.17, 15) is 5.11 Å². The first-order valence-corrected chi connectivity index (χ1v) is 11.7. The molecular weight excluding hydrogens is 420 g/mol. The molecule has 1 aromatic heterocycles. The van der Waals surface area contributed by atoms with Crippen molar-refractivity contribution in [2.45, 2.75) is 15.9 Å². The smallest absolute Gasteiger partial charge is 0.157 e. The number of rotatable bonds is 7. The third-order valence-corrected chi connectivity index (χ3v) is 7.23. The molecule has 2 atom stereocenters. The van der Waals surface area contributed by atoms with E-state index < -0.39 is 11.0 Å². The van der Waals surface area contributed by atoms with Gasteiger partial charge in [0.15, 0.2) is 4.87 Å². The van der Waals surface area contributed by atoms with E-state index in [1.165, 1.54) is 0 Å². The van der Waals surface area contributed by atoms with Crippen molar-refractivity contribution < 1.29 is 9.84 Å². The molecule has 0 aliphatic carbocycles. The number of nitrogens with zero attached hydrogens (tertiary/aromatic N) is 4. The normalized spacial score (nSPS) is 17.8. The Kier molecular flexibility index (Phi) is 6.23. The highest BCUT2D eigenvalue weighted by Crippen LogP contribution is 2.47. The number of aliphatic hydroxyl groups excluding tert-OH is 1. The second-order valence-electron chi connectivity index (χ2n) is 7.95. The van der Waals surface area contributed by atoms with Crippen LogP contribution in [0.4, 0.5) is 0 Å². The Balaban J connectivity index is 1.69. The van der Waals surface area contributed by atoms with Crippen molar-refractivity contribution >= 4 is 22.8 Å². The van der Waals surface area contributed by atoms with Crippen LogP contribution >= 0.6 is 11.8 Å². The lowest BCUT2D eigenvalue weighted by atomic mass is 10.0. The van der Waals surface area contributed by atoms with E-state index in [0.717, 1.165) is 34.6 Å². The fraction of sp³-hybridized carbons (Fsp3) is 0.280. The molecule has 164 valence electrons. The van der Waals surface area contributed by atoms with E-state index in [4.69, 9.17) is 4.74 Å². The number of aliphatic hydroxyl groups is 1. The molecule has 3 aromatic carbocycles. The van der Waals surface area contributed by atoms with E-state index in [0.29, 0.717) is 19.8 Å². The minimum Gasteiger partial charge on any atom is -0.385 e. The molecule has 1 aliphatic rings. The molecule has 0 saturated carbocycles. The number of hydrogen-bond donors (Lipinski definition) is 1. The van der Waals surface area contributed by atoms with Crippen LogP contribution in [0.25, 0.3) is 11.0 Å². The van der Waals surface area contributed by atoms with Crippen molar-refractivity contribution in [2.75, 3.05) is 32.8 Å². The largest absolute Gasteiger partial charge is 0.385 e. The van der Waals surface area contributed by atoms with Crippen LogP contribution in [-0.2, 0) is 9.61 Å². The summed E-state index contributed by atoms with van der Waals surface area (Å²) < 4.78 is 7.52. The zero-order valence-corrected chi connectivity index (χ0v) is 18.6. The molecule has 4 aromatic rings. The summed E-state index contributed by atoms with van der Waals surface area (Å²) in [6, 6.07) is 28.0. The molecule has 0 amide bonds. The number of aromatic nitrogens is 3. The molecule has 0 spiro atoms. The molecule has 1 saturated heterocycles. The Labute approximate surface area is 191 Å². The van der Waals surface area contributed by atoms with Crippen molar-refractivity contribution in [3.8, 4) is 0 Å². The van der Waals surface area contributed by atoms with Gasteiger partial charge in [0.05, 0.1) is 18.7 Å². The Morgan fingerprint density at radius 3 is 2.31 bits per heavy atom. The monoisotopic (exact) mass is 446 g/mol. The van der Waals surface area contributed by atoms with Gasteiger partial charge in [0.2, 0.25) is 0 Å². The molecule has 2 unspecified atom stereocenters. The maximum atomic E-state index is 12.0. The Bertz CT molecular complexity index is 1150. The second kappa shape index (κ2) is 9.42. The highest BCUT2D eigenvalue weighted by atomic mass is 32.2. The van der Waals surface area contributed by atoms with Gasteiger partial charge in [0.1, 0.15) is 11.6 Å². The summed E-state index contributed by atoms with van der Waals surface area (Å²) in [4.78, 5) is 2.58. The second-order valence-corrected chi connectivity index (χ2v) is 9.33. The molecule has 7 heteroatoms. The van der Waals surface area contributed by atoms with E-state index >= 15 is 0 Å². The van der Waals surface area contributed by atoms with Crippen molar-refractivity contribution in [1.29, 1.82) is 0 Å². The lowest BCUT2D eigenvalue weighted by molar-refractivity contribution is 0.00316. The number of thioether (sulfide) groups is 1. The first-order valence-electron chi connectivity index (χ1n) is 10.8. The van der Waals surface area contributed by atoms with Crippen LogP contribution in [0.15, 0.2) is 89.8 Å². The van der Waals surface area contributed by atoms with E-state index in [2.05, 4.69) is 27.3 Å². The highest BCUT2D eigenvalue weighted by molar-refractivity contribution is 8.00. The topological polar surface area (TPSA) is 63.4 Å². The molecular formula is C25H26N4O2S. The van der Waals surface area contributed by atoms with Crippen molar-refractivity contribution in [3.63, 3.8) is 0 Å². The van der Waals surface area contributed by atoms with Crippen molar-refractivity contribution in [3.05, 3.63) is 90.5 Å². The predicted octanol–water partition coefficient (Wildman–Crippen LogP) is 3.94. The lowest BCUT2D eigenvalue weighted by Crippen LogP contribution is -2.50. The van der Waals surface area contributed by atoms with E-state index in [-0.39, 0.29) is 0 Å². The number of morpholine rings is 1. The highest BCUT2D eigenvalue weighted by Gasteiger charge is 2.45. The van der Waals surface area contributed by atoms with Crippen LogP contribution in [0.2, 0.25) is 0 Å². The van der Waals surface area contributed by atoms with Crippen LogP contribution in [-0.4, -0.2) is 57.8 Å².